The lowest BCUT2D eigenvalue weighted by molar-refractivity contribution is -0.142. The Bertz CT molecular complexity index is 865. The zero-order chi connectivity index (χ0) is 24.2. The summed E-state index contributed by atoms with van der Waals surface area (Å²) in [7, 11) is 3.10. The maximum Gasteiger partial charge on any atom is 0.261 e. The number of carbonyl (C=O) groups excluding carboxylic acids is 2. The number of nitrogens with one attached hydrogen (secondary N) is 1. The van der Waals surface area contributed by atoms with Crippen molar-refractivity contribution in [2.75, 3.05) is 27.4 Å². The highest BCUT2D eigenvalue weighted by molar-refractivity contribution is 5.88. The maximum atomic E-state index is 13.3. The number of hydrogen-bond acceptors (Lipinski definition) is 5. The molecule has 0 saturated carbocycles. The molecule has 7 nitrogen and oxygen atoms in total. The molecule has 0 aromatic heterocycles. The monoisotopic (exact) mass is 456 g/mol. The lowest BCUT2D eigenvalue weighted by Gasteiger charge is -2.31. The SMILES string of the molecule is CC[C@H](C(=O)N[C@@H](C)CC)N(CCc1ccccc1)C(=O)COc1cc(OC)cc(OC)c1. The van der Waals surface area contributed by atoms with Crippen molar-refractivity contribution in [1.29, 1.82) is 0 Å². The molecule has 2 amide bonds. The molecule has 180 valence electrons. The smallest absolute Gasteiger partial charge is 0.261 e. The van der Waals surface area contributed by atoms with Gasteiger partial charge >= 0.3 is 0 Å². The molecule has 2 atom stereocenters. The molecule has 0 fully saturated rings. The van der Waals surface area contributed by atoms with Crippen molar-refractivity contribution in [2.45, 2.75) is 52.1 Å². The lowest BCUT2D eigenvalue weighted by atomic mass is 10.1. The Morgan fingerprint density at radius 1 is 0.939 bits per heavy atom. The Kier molecular flexibility index (Phi) is 10.5. The average molecular weight is 457 g/mol. The minimum atomic E-state index is -0.571. The Morgan fingerprint density at radius 2 is 1.55 bits per heavy atom. The molecule has 0 radical (unpaired) electrons. The van der Waals surface area contributed by atoms with Gasteiger partial charge in [0.1, 0.15) is 23.3 Å². The predicted octanol–water partition coefficient (Wildman–Crippen LogP) is 3.85. The second-order valence-corrected chi connectivity index (χ2v) is 7.90. The van der Waals surface area contributed by atoms with E-state index in [4.69, 9.17) is 14.2 Å². The molecule has 33 heavy (non-hydrogen) atoms. The highest BCUT2D eigenvalue weighted by Crippen LogP contribution is 2.27. The van der Waals surface area contributed by atoms with E-state index >= 15 is 0 Å². The van der Waals surface area contributed by atoms with Crippen LogP contribution >= 0.6 is 0 Å². The van der Waals surface area contributed by atoms with Crippen LogP contribution < -0.4 is 19.5 Å². The summed E-state index contributed by atoms with van der Waals surface area (Å²) in [6.45, 7) is 6.11. The number of carbonyl (C=O) groups is 2. The van der Waals surface area contributed by atoms with Crippen molar-refractivity contribution < 1.29 is 23.8 Å². The fraction of sp³-hybridized carbons (Fsp3) is 0.462. The van der Waals surface area contributed by atoms with Crippen molar-refractivity contribution in [3.8, 4) is 17.2 Å². The van der Waals surface area contributed by atoms with Crippen molar-refractivity contribution in [1.82, 2.24) is 10.2 Å². The van der Waals surface area contributed by atoms with Gasteiger partial charge in [-0.15, -0.1) is 0 Å². The number of ether oxygens (including phenoxy) is 3. The quantitative estimate of drug-likeness (QED) is 0.495. The summed E-state index contributed by atoms with van der Waals surface area (Å²) >= 11 is 0. The minimum absolute atomic E-state index is 0.0399. The molecule has 0 aliphatic rings. The number of benzene rings is 2. The molecule has 0 saturated heterocycles. The van der Waals surface area contributed by atoms with Crippen LogP contribution in [0.15, 0.2) is 48.5 Å². The number of amides is 2. The third kappa shape index (κ3) is 8.00. The first-order chi connectivity index (χ1) is 15.9. The van der Waals surface area contributed by atoms with Crippen molar-refractivity contribution in [3.63, 3.8) is 0 Å². The summed E-state index contributed by atoms with van der Waals surface area (Å²) in [4.78, 5) is 27.9. The van der Waals surface area contributed by atoms with Crippen LogP contribution in [0.3, 0.4) is 0 Å². The summed E-state index contributed by atoms with van der Waals surface area (Å²) in [6.07, 6.45) is 1.98. The van der Waals surface area contributed by atoms with Crippen LogP contribution in [0.5, 0.6) is 17.2 Å². The fourth-order valence-corrected chi connectivity index (χ4v) is 3.43. The molecule has 2 aromatic carbocycles. The minimum Gasteiger partial charge on any atom is -0.496 e. The van der Waals surface area contributed by atoms with E-state index in [2.05, 4.69) is 5.32 Å². The first-order valence-electron chi connectivity index (χ1n) is 11.4. The summed E-state index contributed by atoms with van der Waals surface area (Å²) < 4.78 is 16.3. The molecule has 0 aliphatic heterocycles. The first kappa shape index (κ1) is 26.0. The van der Waals surface area contributed by atoms with Crippen molar-refractivity contribution >= 4 is 11.8 Å². The fourth-order valence-electron chi connectivity index (χ4n) is 3.43. The third-order valence-electron chi connectivity index (χ3n) is 5.56. The van der Waals surface area contributed by atoms with Crippen LogP contribution in [0.2, 0.25) is 0 Å². The summed E-state index contributed by atoms with van der Waals surface area (Å²) in [6, 6.07) is 14.5. The average Bonchev–Trinajstić information content (AvgIpc) is 2.85. The van der Waals surface area contributed by atoms with Gasteiger partial charge in [-0.1, -0.05) is 44.2 Å². The molecule has 1 N–H and O–H groups in total. The van der Waals surface area contributed by atoms with Gasteiger partial charge in [0.25, 0.3) is 5.91 Å². The first-order valence-corrected chi connectivity index (χ1v) is 11.4. The van der Waals surface area contributed by atoms with Crippen LogP contribution in [0.1, 0.15) is 39.2 Å². The Balaban J connectivity index is 2.18. The van der Waals surface area contributed by atoms with E-state index in [-0.39, 0.29) is 24.5 Å². The van der Waals surface area contributed by atoms with Gasteiger partial charge in [0.05, 0.1) is 14.2 Å². The topological polar surface area (TPSA) is 77.1 Å². The molecule has 0 unspecified atom stereocenters. The van der Waals surface area contributed by atoms with Gasteiger partial charge in [0, 0.05) is 30.8 Å². The Labute approximate surface area is 197 Å². The van der Waals surface area contributed by atoms with E-state index in [0.717, 1.165) is 12.0 Å². The second kappa shape index (κ2) is 13.4. The van der Waals surface area contributed by atoms with Gasteiger partial charge < -0.3 is 24.4 Å². The molecular weight excluding hydrogens is 420 g/mol. The molecule has 0 spiro atoms. The third-order valence-corrected chi connectivity index (χ3v) is 5.56. The van der Waals surface area contributed by atoms with Crippen molar-refractivity contribution in [2.24, 2.45) is 0 Å². The van der Waals surface area contributed by atoms with Gasteiger partial charge in [-0.3, -0.25) is 9.59 Å². The van der Waals surface area contributed by atoms with Gasteiger partial charge in [0.15, 0.2) is 6.61 Å². The van der Waals surface area contributed by atoms with E-state index in [1.54, 1.807) is 37.3 Å². The number of nitrogens with zero attached hydrogens (tertiary/aromatic N) is 1. The van der Waals surface area contributed by atoms with Gasteiger partial charge in [-0.05, 0) is 31.7 Å². The van der Waals surface area contributed by atoms with E-state index in [0.29, 0.717) is 36.6 Å². The highest BCUT2D eigenvalue weighted by Gasteiger charge is 2.29. The zero-order valence-corrected chi connectivity index (χ0v) is 20.3. The molecule has 2 rings (SSSR count). The summed E-state index contributed by atoms with van der Waals surface area (Å²) in [5, 5.41) is 3.01. The molecule has 2 aromatic rings. The molecular formula is C26H36N2O5. The van der Waals surface area contributed by atoms with Gasteiger partial charge in [-0.25, -0.2) is 0 Å². The normalized spacial score (nSPS) is 12.4. The van der Waals surface area contributed by atoms with Crippen molar-refractivity contribution in [3.05, 3.63) is 54.1 Å². The van der Waals surface area contributed by atoms with Gasteiger partial charge in [0.2, 0.25) is 5.91 Å². The Hall–Kier alpha value is -3.22. The summed E-state index contributed by atoms with van der Waals surface area (Å²) in [5.41, 5.74) is 1.10. The van der Waals surface area contributed by atoms with Gasteiger partial charge in [-0.2, -0.15) is 0 Å². The lowest BCUT2D eigenvalue weighted by Crippen LogP contribution is -2.52. The molecule has 0 aliphatic carbocycles. The van der Waals surface area contributed by atoms with E-state index in [1.165, 1.54) is 0 Å². The number of rotatable bonds is 13. The largest absolute Gasteiger partial charge is 0.496 e. The van der Waals surface area contributed by atoms with Crippen LogP contribution in [-0.2, 0) is 16.0 Å². The number of hydrogen-bond donors (Lipinski definition) is 1. The molecule has 7 heteroatoms. The van der Waals surface area contributed by atoms with Crippen LogP contribution in [0.25, 0.3) is 0 Å². The highest BCUT2D eigenvalue weighted by atomic mass is 16.5. The number of methoxy groups -OCH3 is 2. The standard InChI is InChI=1S/C26H36N2O5/c1-6-19(3)27-26(30)24(7-2)28(14-13-20-11-9-8-10-12-20)25(29)18-33-23-16-21(31-4)15-22(17-23)32-5/h8-12,15-17,19,24H,6-7,13-14,18H2,1-5H3,(H,27,30)/t19-,24+/m0/s1. The Morgan fingerprint density at radius 3 is 2.09 bits per heavy atom. The molecule has 0 heterocycles. The maximum absolute atomic E-state index is 13.3. The van der Waals surface area contributed by atoms with Crippen LogP contribution in [0, 0.1) is 0 Å². The van der Waals surface area contributed by atoms with E-state index in [9.17, 15) is 9.59 Å². The van der Waals surface area contributed by atoms with Crippen LogP contribution in [0.4, 0.5) is 0 Å². The van der Waals surface area contributed by atoms with E-state index < -0.39 is 6.04 Å². The molecule has 0 bridgehead atoms. The summed E-state index contributed by atoms with van der Waals surface area (Å²) in [5.74, 6) is 1.20. The van der Waals surface area contributed by atoms with Crippen LogP contribution in [-0.4, -0.2) is 56.2 Å². The predicted molar refractivity (Wildman–Crippen MR) is 129 cm³/mol. The van der Waals surface area contributed by atoms with E-state index in [1.807, 2.05) is 51.1 Å². The second-order valence-electron chi connectivity index (χ2n) is 7.90. The zero-order valence-electron chi connectivity index (χ0n) is 20.3.